The quantitative estimate of drug-likeness (QED) is 0.497. The van der Waals surface area contributed by atoms with Crippen LogP contribution >= 0.6 is 0 Å². The van der Waals surface area contributed by atoms with E-state index in [0.29, 0.717) is 18.6 Å². The van der Waals surface area contributed by atoms with Gasteiger partial charge in [-0.15, -0.1) is 0 Å². The van der Waals surface area contributed by atoms with Crippen LogP contribution in [0.4, 0.5) is 0 Å². The van der Waals surface area contributed by atoms with Gasteiger partial charge in [-0.2, -0.15) is 0 Å². The fourth-order valence-corrected chi connectivity index (χ4v) is 1.36. The SMILES string of the molecule is C=C(C(=O)OC)C1CCOC(C)(C)O1. The molecule has 0 saturated carbocycles. The lowest BCUT2D eigenvalue weighted by Crippen LogP contribution is -2.41. The van der Waals surface area contributed by atoms with Crippen molar-refractivity contribution >= 4 is 5.97 Å². The van der Waals surface area contributed by atoms with Crippen LogP contribution in [0.2, 0.25) is 0 Å². The number of methoxy groups -OCH3 is 1. The van der Waals surface area contributed by atoms with Crippen LogP contribution in [-0.4, -0.2) is 31.6 Å². The number of hydrogen-bond acceptors (Lipinski definition) is 4. The summed E-state index contributed by atoms with van der Waals surface area (Å²) in [6.07, 6.45) is 0.336. The van der Waals surface area contributed by atoms with Gasteiger partial charge in [-0.05, 0) is 13.8 Å². The fraction of sp³-hybridized carbons (Fsp3) is 0.700. The molecule has 4 nitrogen and oxygen atoms in total. The molecule has 1 aliphatic heterocycles. The van der Waals surface area contributed by atoms with E-state index in [-0.39, 0.29) is 6.10 Å². The summed E-state index contributed by atoms with van der Waals surface area (Å²) in [5, 5.41) is 0. The van der Waals surface area contributed by atoms with Crippen LogP contribution in [0.15, 0.2) is 12.2 Å². The third kappa shape index (κ3) is 2.56. The van der Waals surface area contributed by atoms with Gasteiger partial charge in [0.05, 0.1) is 25.4 Å². The second-order valence-corrected chi connectivity index (χ2v) is 3.66. The van der Waals surface area contributed by atoms with Crippen molar-refractivity contribution in [3.63, 3.8) is 0 Å². The second-order valence-electron chi connectivity index (χ2n) is 3.66. The van der Waals surface area contributed by atoms with E-state index in [1.807, 2.05) is 13.8 Å². The minimum Gasteiger partial charge on any atom is -0.466 e. The summed E-state index contributed by atoms with van der Waals surface area (Å²) in [5.41, 5.74) is 0.351. The van der Waals surface area contributed by atoms with E-state index >= 15 is 0 Å². The van der Waals surface area contributed by atoms with Gasteiger partial charge >= 0.3 is 5.97 Å². The number of hydrogen-bond donors (Lipinski definition) is 0. The molecule has 1 atom stereocenters. The zero-order chi connectivity index (χ0) is 10.8. The molecule has 1 heterocycles. The molecule has 0 N–H and O–H groups in total. The van der Waals surface area contributed by atoms with Crippen molar-refractivity contribution < 1.29 is 19.0 Å². The van der Waals surface area contributed by atoms with E-state index < -0.39 is 11.8 Å². The van der Waals surface area contributed by atoms with E-state index in [2.05, 4.69) is 11.3 Å². The van der Waals surface area contributed by atoms with E-state index in [9.17, 15) is 4.79 Å². The van der Waals surface area contributed by atoms with Crippen molar-refractivity contribution in [2.24, 2.45) is 0 Å². The molecule has 1 aliphatic rings. The summed E-state index contributed by atoms with van der Waals surface area (Å²) in [6, 6.07) is 0. The second kappa shape index (κ2) is 4.11. The van der Waals surface area contributed by atoms with E-state index in [4.69, 9.17) is 9.47 Å². The van der Waals surface area contributed by atoms with E-state index in [1.165, 1.54) is 7.11 Å². The van der Waals surface area contributed by atoms with Crippen LogP contribution in [0.5, 0.6) is 0 Å². The monoisotopic (exact) mass is 200 g/mol. The maximum Gasteiger partial charge on any atom is 0.335 e. The molecule has 14 heavy (non-hydrogen) atoms. The Balaban J connectivity index is 2.61. The minimum atomic E-state index is -0.653. The Kier molecular flexibility index (Phi) is 3.29. The van der Waals surface area contributed by atoms with Gasteiger partial charge in [0, 0.05) is 6.42 Å². The highest BCUT2D eigenvalue weighted by Gasteiger charge is 2.33. The number of rotatable bonds is 2. The zero-order valence-electron chi connectivity index (χ0n) is 8.83. The number of carbonyl (C=O) groups is 1. The van der Waals surface area contributed by atoms with Gasteiger partial charge in [0.15, 0.2) is 5.79 Å². The molecule has 0 aromatic heterocycles. The van der Waals surface area contributed by atoms with Gasteiger partial charge < -0.3 is 14.2 Å². The molecule has 0 aromatic carbocycles. The molecular formula is C10H16O4. The van der Waals surface area contributed by atoms with Crippen molar-refractivity contribution in [3.8, 4) is 0 Å². The molecule has 0 aromatic rings. The maximum atomic E-state index is 11.2. The maximum absolute atomic E-state index is 11.2. The van der Waals surface area contributed by atoms with Crippen LogP contribution in [0, 0.1) is 0 Å². The van der Waals surface area contributed by atoms with Crippen LogP contribution in [0.25, 0.3) is 0 Å². The predicted molar refractivity (Wildman–Crippen MR) is 50.7 cm³/mol. The molecule has 1 saturated heterocycles. The van der Waals surface area contributed by atoms with E-state index in [1.54, 1.807) is 0 Å². The fourth-order valence-electron chi connectivity index (χ4n) is 1.36. The van der Waals surface area contributed by atoms with Crippen LogP contribution in [-0.2, 0) is 19.0 Å². The zero-order valence-corrected chi connectivity index (χ0v) is 8.83. The lowest BCUT2D eigenvalue weighted by molar-refractivity contribution is -0.265. The van der Waals surface area contributed by atoms with Crippen LogP contribution < -0.4 is 0 Å². The first kappa shape index (κ1) is 11.2. The van der Waals surface area contributed by atoms with Crippen LogP contribution in [0.3, 0.4) is 0 Å². The topological polar surface area (TPSA) is 44.8 Å². The molecule has 0 radical (unpaired) electrons. The summed E-state index contributed by atoms with van der Waals surface area (Å²) in [4.78, 5) is 11.2. The normalized spacial score (nSPS) is 25.5. The number of carbonyl (C=O) groups excluding carboxylic acids is 1. The Hall–Kier alpha value is -0.870. The first-order valence-corrected chi connectivity index (χ1v) is 4.55. The number of esters is 1. The molecule has 0 spiro atoms. The highest BCUT2D eigenvalue weighted by molar-refractivity contribution is 5.88. The summed E-state index contributed by atoms with van der Waals surface area (Å²) in [7, 11) is 1.33. The third-order valence-corrected chi connectivity index (χ3v) is 2.09. The summed E-state index contributed by atoms with van der Waals surface area (Å²) in [5.74, 6) is -1.08. The largest absolute Gasteiger partial charge is 0.466 e. The molecule has 1 rings (SSSR count). The lowest BCUT2D eigenvalue weighted by Gasteiger charge is -2.36. The van der Waals surface area contributed by atoms with Gasteiger partial charge in [0.2, 0.25) is 0 Å². The minimum absolute atomic E-state index is 0.300. The van der Waals surface area contributed by atoms with Crippen molar-refractivity contribution in [2.75, 3.05) is 13.7 Å². The first-order chi connectivity index (χ1) is 6.46. The Labute approximate surface area is 83.8 Å². The standard InChI is InChI=1S/C10H16O4/c1-7(9(11)12-4)8-5-6-13-10(2,3)14-8/h8H,1,5-6H2,2-4H3. The molecule has 1 fully saturated rings. The van der Waals surface area contributed by atoms with Crippen molar-refractivity contribution in [3.05, 3.63) is 12.2 Å². The number of ether oxygens (including phenoxy) is 3. The summed E-state index contributed by atoms with van der Waals surface area (Å²) < 4.78 is 15.5. The first-order valence-electron chi connectivity index (χ1n) is 4.55. The predicted octanol–water partition coefficient (Wildman–Crippen LogP) is 1.26. The molecule has 80 valence electrons. The van der Waals surface area contributed by atoms with Gasteiger partial charge in [-0.1, -0.05) is 6.58 Å². The summed E-state index contributed by atoms with van der Waals surface area (Å²) in [6.45, 7) is 7.84. The Morgan fingerprint density at radius 2 is 2.21 bits per heavy atom. The third-order valence-electron chi connectivity index (χ3n) is 2.09. The molecule has 4 heteroatoms. The summed E-state index contributed by atoms with van der Waals surface area (Å²) >= 11 is 0. The Bertz CT molecular complexity index is 245. The van der Waals surface area contributed by atoms with Crippen LogP contribution in [0.1, 0.15) is 20.3 Å². The Morgan fingerprint density at radius 3 is 2.71 bits per heavy atom. The Morgan fingerprint density at radius 1 is 1.57 bits per heavy atom. The van der Waals surface area contributed by atoms with Gasteiger partial charge in [-0.3, -0.25) is 0 Å². The smallest absolute Gasteiger partial charge is 0.335 e. The lowest BCUT2D eigenvalue weighted by atomic mass is 10.1. The van der Waals surface area contributed by atoms with Crippen molar-refractivity contribution in [2.45, 2.75) is 32.2 Å². The average Bonchev–Trinajstić information content (AvgIpc) is 2.14. The van der Waals surface area contributed by atoms with Gasteiger partial charge in [0.25, 0.3) is 0 Å². The highest BCUT2D eigenvalue weighted by Crippen LogP contribution is 2.25. The molecule has 0 bridgehead atoms. The molecule has 0 aliphatic carbocycles. The molecule has 0 amide bonds. The molecular weight excluding hydrogens is 184 g/mol. The van der Waals surface area contributed by atoms with Gasteiger partial charge in [0.1, 0.15) is 0 Å². The van der Waals surface area contributed by atoms with Crippen molar-refractivity contribution in [1.82, 2.24) is 0 Å². The van der Waals surface area contributed by atoms with E-state index in [0.717, 1.165) is 0 Å². The van der Waals surface area contributed by atoms with Gasteiger partial charge in [-0.25, -0.2) is 4.79 Å². The highest BCUT2D eigenvalue weighted by atomic mass is 16.7. The van der Waals surface area contributed by atoms with Crippen molar-refractivity contribution in [1.29, 1.82) is 0 Å². The average molecular weight is 200 g/mol. The molecule has 1 unspecified atom stereocenters.